The van der Waals surface area contributed by atoms with E-state index >= 15 is 0 Å². The molecule has 0 radical (unpaired) electrons. The molecule has 7 heterocycles. The molecule has 4 aromatic rings. The van der Waals surface area contributed by atoms with Crippen LogP contribution >= 0.6 is 0 Å². The fraction of sp³-hybridized carbons (Fsp3) is 0.489. The molecule has 0 aliphatic carbocycles. The summed E-state index contributed by atoms with van der Waals surface area (Å²) in [6, 6.07) is 7.11. The predicted molar refractivity (Wildman–Crippen MR) is 244 cm³/mol. The molecule has 2 aromatic carbocycles. The van der Waals surface area contributed by atoms with Crippen molar-refractivity contribution in [1.82, 2.24) is 45.3 Å². The molecule has 1 atom stereocenters. The lowest BCUT2D eigenvalue weighted by atomic mass is 9.92. The number of anilines is 3. The van der Waals surface area contributed by atoms with Gasteiger partial charge < -0.3 is 40.0 Å². The topological polar surface area (TPSA) is 224 Å². The average Bonchev–Trinajstić information content (AvgIpc) is 4.05. The largest absolute Gasteiger partial charge is 0.382 e. The van der Waals surface area contributed by atoms with Gasteiger partial charge in [-0.1, -0.05) is 6.07 Å². The van der Waals surface area contributed by atoms with Crippen molar-refractivity contribution in [3.8, 4) is 11.1 Å². The summed E-state index contributed by atoms with van der Waals surface area (Å²) in [5.41, 5.74) is 5.00. The first-order chi connectivity index (χ1) is 33.5. The molecule has 366 valence electrons. The summed E-state index contributed by atoms with van der Waals surface area (Å²) in [5, 5.41) is 20.3. The van der Waals surface area contributed by atoms with E-state index < -0.39 is 36.1 Å². The van der Waals surface area contributed by atoms with E-state index in [4.69, 9.17) is 19.3 Å². The van der Waals surface area contributed by atoms with E-state index in [1.807, 2.05) is 4.90 Å². The quantitative estimate of drug-likeness (QED) is 0.0881. The van der Waals surface area contributed by atoms with Crippen molar-refractivity contribution in [1.29, 1.82) is 0 Å². The zero-order valence-electron chi connectivity index (χ0n) is 38.3. The van der Waals surface area contributed by atoms with E-state index in [0.29, 0.717) is 80.6 Å². The Bertz CT molecular complexity index is 2630. The van der Waals surface area contributed by atoms with Crippen molar-refractivity contribution in [3.63, 3.8) is 0 Å². The predicted octanol–water partition coefficient (Wildman–Crippen LogP) is 3.48. The number of hydrogen-bond donors (Lipinski definition) is 4. The van der Waals surface area contributed by atoms with E-state index in [1.165, 1.54) is 16.9 Å². The Kier molecular flexibility index (Phi) is 14.3. The molecule has 0 spiro atoms. The Balaban J connectivity index is 0.746. The molecule has 20 nitrogen and oxygen atoms in total. The minimum Gasteiger partial charge on any atom is -0.382 e. The summed E-state index contributed by atoms with van der Waals surface area (Å²) in [5.74, 6) is -1.95. The van der Waals surface area contributed by atoms with Crippen LogP contribution in [-0.4, -0.2) is 144 Å². The normalized spacial score (nSPS) is 18.3. The molecule has 5 aliphatic heterocycles. The molecule has 0 bridgehead atoms. The molecular formula is C47H55F2N11O9. The third-order valence-electron chi connectivity index (χ3n) is 13.2. The van der Waals surface area contributed by atoms with Crippen LogP contribution in [0, 0.1) is 0 Å². The lowest BCUT2D eigenvalue weighted by molar-refractivity contribution is -0.136. The third kappa shape index (κ3) is 9.91. The van der Waals surface area contributed by atoms with Crippen molar-refractivity contribution in [2.24, 2.45) is 0 Å². The minimum absolute atomic E-state index is 0.0328. The molecule has 22 heteroatoms. The first-order valence-corrected chi connectivity index (χ1v) is 23.4. The van der Waals surface area contributed by atoms with E-state index in [0.717, 1.165) is 41.0 Å². The molecule has 9 rings (SSSR count). The summed E-state index contributed by atoms with van der Waals surface area (Å²) in [6.07, 6.45) is 4.11. The van der Waals surface area contributed by atoms with Crippen LogP contribution in [0.25, 0.3) is 11.1 Å². The highest BCUT2D eigenvalue weighted by Gasteiger charge is 2.45. The van der Waals surface area contributed by atoms with Crippen LogP contribution in [-0.2, 0) is 54.5 Å². The van der Waals surface area contributed by atoms with Crippen molar-refractivity contribution >= 4 is 52.8 Å². The number of imide groups is 2. The Morgan fingerprint density at radius 2 is 1.74 bits per heavy atom. The van der Waals surface area contributed by atoms with Crippen LogP contribution in [0.3, 0.4) is 0 Å². The van der Waals surface area contributed by atoms with Crippen LogP contribution < -0.4 is 26.2 Å². The number of carbonyl (C=O) groups excluding carboxylic acids is 6. The van der Waals surface area contributed by atoms with Gasteiger partial charge in [0.2, 0.25) is 17.7 Å². The maximum absolute atomic E-state index is 15.0. The number of piperidine rings is 1. The Hall–Kier alpha value is -6.78. The number of urea groups is 1. The zero-order valence-corrected chi connectivity index (χ0v) is 38.3. The van der Waals surface area contributed by atoms with Gasteiger partial charge in [0.15, 0.2) is 5.82 Å². The number of hydrogen-bond acceptors (Lipinski definition) is 13. The number of alkyl halides is 2. The second-order valence-electron chi connectivity index (χ2n) is 17.5. The molecule has 7 amide bonds. The van der Waals surface area contributed by atoms with Gasteiger partial charge in [0.05, 0.1) is 56.3 Å². The monoisotopic (exact) mass is 955 g/mol. The van der Waals surface area contributed by atoms with Crippen molar-refractivity contribution in [3.05, 3.63) is 76.2 Å². The maximum Gasteiger partial charge on any atom is 0.317 e. The fourth-order valence-electron chi connectivity index (χ4n) is 9.80. The first kappa shape index (κ1) is 47.3. The number of nitrogens with one attached hydrogen (secondary N) is 4. The maximum atomic E-state index is 15.0. The molecule has 1 unspecified atom stereocenters. The number of amides is 7. The second kappa shape index (κ2) is 20.8. The SMILES string of the molecule is CNC(=O)N1CCc2c(c(N3CCCc4cc(-c5cnn(CC(=O)NCCOCCOCCNc6cccc7c6C(=O)N(C6CCC(=O)NC6=O)C7=O)c5)c(C(F)F)cc43)nn2C2CCOCC2)C1. The smallest absolute Gasteiger partial charge is 0.317 e. The van der Waals surface area contributed by atoms with Crippen LogP contribution in [0.1, 0.15) is 87.7 Å². The Labute approximate surface area is 395 Å². The van der Waals surface area contributed by atoms with E-state index in [-0.39, 0.29) is 87.0 Å². The van der Waals surface area contributed by atoms with Crippen LogP contribution in [0.2, 0.25) is 0 Å². The molecule has 4 N–H and O–H groups in total. The minimum atomic E-state index is -2.79. The summed E-state index contributed by atoms with van der Waals surface area (Å²) in [6.45, 7) is 4.13. The Morgan fingerprint density at radius 3 is 2.51 bits per heavy atom. The molecule has 2 fully saturated rings. The highest BCUT2D eigenvalue weighted by Crippen LogP contribution is 2.44. The van der Waals surface area contributed by atoms with Gasteiger partial charge in [0, 0.05) is 99.2 Å². The molecule has 2 aromatic heterocycles. The number of halogens is 2. The van der Waals surface area contributed by atoms with E-state index in [9.17, 15) is 37.5 Å². The van der Waals surface area contributed by atoms with Crippen LogP contribution in [0.5, 0.6) is 0 Å². The van der Waals surface area contributed by atoms with Crippen molar-refractivity contribution in [2.45, 2.75) is 76.5 Å². The zero-order chi connectivity index (χ0) is 48.2. The number of ether oxygens (including phenoxy) is 3. The van der Waals surface area contributed by atoms with E-state index in [1.54, 1.807) is 42.4 Å². The van der Waals surface area contributed by atoms with Gasteiger partial charge in [-0.25, -0.2) is 13.6 Å². The summed E-state index contributed by atoms with van der Waals surface area (Å²) < 4.78 is 50.4. The highest BCUT2D eigenvalue weighted by atomic mass is 19.3. The fourth-order valence-corrected chi connectivity index (χ4v) is 9.80. The summed E-state index contributed by atoms with van der Waals surface area (Å²) in [7, 11) is 1.61. The lowest BCUT2D eigenvalue weighted by Gasteiger charge is -2.33. The summed E-state index contributed by atoms with van der Waals surface area (Å²) in [4.78, 5) is 80.7. The van der Waals surface area contributed by atoms with E-state index in [2.05, 4.69) is 31.0 Å². The van der Waals surface area contributed by atoms with Gasteiger partial charge >= 0.3 is 6.03 Å². The number of rotatable bonds is 17. The molecule has 5 aliphatic rings. The standard InChI is InChI=1S/C47H55F2N11O9/c1-50-47(66)56-15-9-36-34(26-56)43(55-60(36)30-10-16-67-17-11-30)58-14-3-4-28-22-32(33(42(48)49)23-38(28)58)29-24-53-57(25-29)27-40(62)52-13-19-69-21-20-68-18-12-51-35-6-2-5-31-41(35)46(65)59(45(31)64)37-7-8-39(61)54-44(37)63/h2,5-6,22-25,30,37,42,51H,3-4,7-21,26-27H2,1H3,(H,50,66)(H,52,62)(H,54,61,63). The number of fused-ring (bicyclic) bond motifs is 3. The molecule has 0 saturated carbocycles. The van der Waals surface area contributed by atoms with Gasteiger partial charge in [-0.2, -0.15) is 10.2 Å². The number of benzene rings is 2. The number of carbonyl (C=O) groups is 6. The number of aromatic nitrogens is 4. The average molecular weight is 956 g/mol. The molecule has 69 heavy (non-hydrogen) atoms. The van der Waals surface area contributed by atoms with Crippen molar-refractivity contribution in [2.75, 3.05) is 83.1 Å². The highest BCUT2D eigenvalue weighted by molar-refractivity contribution is 6.25. The van der Waals surface area contributed by atoms with Gasteiger partial charge in [-0.05, 0) is 67.5 Å². The lowest BCUT2D eigenvalue weighted by Crippen LogP contribution is -2.54. The van der Waals surface area contributed by atoms with Gasteiger partial charge in [-0.3, -0.25) is 43.6 Å². The molecular weight excluding hydrogens is 901 g/mol. The van der Waals surface area contributed by atoms with Crippen LogP contribution in [0.15, 0.2) is 42.7 Å². The summed E-state index contributed by atoms with van der Waals surface area (Å²) >= 11 is 0. The second-order valence-corrected chi connectivity index (χ2v) is 17.5. The number of nitrogens with zero attached hydrogens (tertiary/aromatic N) is 7. The van der Waals surface area contributed by atoms with Crippen molar-refractivity contribution < 1.29 is 51.8 Å². The van der Waals surface area contributed by atoms with Crippen LogP contribution in [0.4, 0.5) is 30.8 Å². The number of aryl methyl sites for hydroxylation is 1. The molecule has 2 saturated heterocycles. The van der Waals surface area contributed by atoms with Gasteiger partial charge in [-0.15, -0.1) is 0 Å². The first-order valence-electron chi connectivity index (χ1n) is 23.4. The third-order valence-corrected chi connectivity index (χ3v) is 13.2. The van der Waals surface area contributed by atoms with Gasteiger partial charge in [0.25, 0.3) is 18.2 Å². The Morgan fingerprint density at radius 1 is 0.942 bits per heavy atom. The van der Waals surface area contributed by atoms with Gasteiger partial charge in [0.1, 0.15) is 12.6 Å².